The van der Waals surface area contributed by atoms with E-state index in [0.29, 0.717) is 11.5 Å². The van der Waals surface area contributed by atoms with Gasteiger partial charge in [-0.3, -0.25) is 9.69 Å². The minimum Gasteiger partial charge on any atom is -0.444 e. The fraction of sp³-hybridized carbons (Fsp3) is 0.438. The number of hydrogen-bond donors (Lipinski definition) is 1. The van der Waals surface area contributed by atoms with Gasteiger partial charge in [-0.25, -0.2) is 9.78 Å². The Balaban J connectivity index is 2.72. The molecule has 2 amide bonds. The molecule has 1 atom stereocenters. The lowest BCUT2D eigenvalue weighted by Crippen LogP contribution is -2.45. The summed E-state index contributed by atoms with van der Waals surface area (Å²) in [6.07, 6.45) is 4.69. The second-order valence-electron chi connectivity index (χ2n) is 5.81. The molecule has 0 radical (unpaired) electrons. The molecule has 1 unspecified atom stereocenters. The number of carbonyl (C=O) groups excluding carboxylic acids is 2. The third-order valence-electron chi connectivity index (χ3n) is 2.79. The SMILES string of the molecule is C#Cc1cccc(NC(=O)C(C)N(C)C(=O)OC(C)(C)C)n1. The first-order valence-corrected chi connectivity index (χ1v) is 6.84. The van der Waals surface area contributed by atoms with Crippen LogP contribution in [0, 0.1) is 12.3 Å². The summed E-state index contributed by atoms with van der Waals surface area (Å²) in [6, 6.07) is 4.26. The molecule has 6 nitrogen and oxygen atoms in total. The second kappa shape index (κ2) is 6.94. The average molecular weight is 303 g/mol. The predicted molar refractivity (Wildman–Crippen MR) is 84.3 cm³/mol. The van der Waals surface area contributed by atoms with Crippen molar-refractivity contribution < 1.29 is 14.3 Å². The molecule has 1 heterocycles. The van der Waals surface area contributed by atoms with Crippen LogP contribution in [0.4, 0.5) is 10.6 Å². The summed E-state index contributed by atoms with van der Waals surface area (Å²) in [5.41, 5.74) is -0.199. The maximum atomic E-state index is 12.2. The normalized spacial score (nSPS) is 12.0. The van der Waals surface area contributed by atoms with Crippen LogP contribution in [0.3, 0.4) is 0 Å². The Hall–Kier alpha value is -2.55. The largest absolute Gasteiger partial charge is 0.444 e. The molecule has 0 spiro atoms. The molecule has 0 bridgehead atoms. The first-order valence-electron chi connectivity index (χ1n) is 6.84. The maximum absolute atomic E-state index is 12.2. The average Bonchev–Trinajstić information content (AvgIpc) is 2.44. The highest BCUT2D eigenvalue weighted by atomic mass is 16.6. The number of nitrogens with zero attached hydrogens (tertiary/aromatic N) is 2. The van der Waals surface area contributed by atoms with Crippen LogP contribution >= 0.6 is 0 Å². The fourth-order valence-electron chi connectivity index (χ4n) is 1.48. The number of nitrogens with one attached hydrogen (secondary N) is 1. The Kier molecular flexibility index (Phi) is 5.52. The van der Waals surface area contributed by atoms with Crippen LogP contribution < -0.4 is 5.32 Å². The van der Waals surface area contributed by atoms with E-state index in [0.717, 1.165) is 0 Å². The van der Waals surface area contributed by atoms with Crippen molar-refractivity contribution >= 4 is 17.8 Å². The van der Waals surface area contributed by atoms with Crippen LogP contribution in [0.1, 0.15) is 33.4 Å². The number of ether oxygens (including phenoxy) is 1. The zero-order valence-electron chi connectivity index (χ0n) is 13.5. The van der Waals surface area contributed by atoms with Crippen molar-refractivity contribution in [1.82, 2.24) is 9.88 Å². The van der Waals surface area contributed by atoms with Gasteiger partial charge in [-0.2, -0.15) is 0 Å². The van der Waals surface area contributed by atoms with Crippen molar-refractivity contribution in [3.05, 3.63) is 23.9 Å². The van der Waals surface area contributed by atoms with Gasteiger partial charge in [0, 0.05) is 7.05 Å². The first kappa shape index (κ1) is 17.5. The molecular weight excluding hydrogens is 282 g/mol. The second-order valence-corrected chi connectivity index (χ2v) is 5.81. The van der Waals surface area contributed by atoms with Gasteiger partial charge in [0.15, 0.2) is 0 Å². The summed E-state index contributed by atoms with van der Waals surface area (Å²) in [6.45, 7) is 6.89. The zero-order chi connectivity index (χ0) is 16.9. The highest BCUT2D eigenvalue weighted by Crippen LogP contribution is 2.12. The molecule has 0 saturated carbocycles. The van der Waals surface area contributed by atoms with E-state index in [9.17, 15) is 9.59 Å². The van der Waals surface area contributed by atoms with E-state index in [-0.39, 0.29) is 5.91 Å². The molecule has 1 N–H and O–H groups in total. The molecule has 22 heavy (non-hydrogen) atoms. The molecule has 0 aromatic carbocycles. The van der Waals surface area contributed by atoms with E-state index in [1.807, 2.05) is 0 Å². The quantitative estimate of drug-likeness (QED) is 0.869. The Morgan fingerprint density at radius 1 is 1.41 bits per heavy atom. The highest BCUT2D eigenvalue weighted by molar-refractivity contribution is 5.95. The Morgan fingerprint density at radius 2 is 2.05 bits per heavy atom. The van der Waals surface area contributed by atoms with Crippen molar-refractivity contribution in [2.75, 3.05) is 12.4 Å². The van der Waals surface area contributed by atoms with Crippen molar-refractivity contribution in [3.8, 4) is 12.3 Å². The van der Waals surface area contributed by atoms with Crippen LogP contribution in [-0.4, -0.2) is 40.6 Å². The Morgan fingerprint density at radius 3 is 2.59 bits per heavy atom. The molecule has 1 aromatic heterocycles. The van der Waals surface area contributed by atoms with E-state index in [1.54, 1.807) is 45.9 Å². The molecule has 1 aromatic rings. The molecule has 0 aliphatic heterocycles. The number of amides is 2. The number of likely N-dealkylation sites (N-methyl/N-ethyl adjacent to an activating group) is 1. The maximum Gasteiger partial charge on any atom is 0.410 e. The van der Waals surface area contributed by atoms with Crippen LogP contribution in [0.15, 0.2) is 18.2 Å². The third kappa shape index (κ3) is 5.09. The van der Waals surface area contributed by atoms with Crippen molar-refractivity contribution in [1.29, 1.82) is 0 Å². The van der Waals surface area contributed by atoms with E-state index in [2.05, 4.69) is 16.2 Å². The number of aromatic nitrogens is 1. The first-order chi connectivity index (χ1) is 10.1. The molecule has 0 fully saturated rings. The van der Waals surface area contributed by atoms with Crippen LogP contribution in [0.2, 0.25) is 0 Å². The van der Waals surface area contributed by atoms with E-state index in [4.69, 9.17) is 11.2 Å². The van der Waals surface area contributed by atoms with Crippen LogP contribution in [0.25, 0.3) is 0 Å². The third-order valence-corrected chi connectivity index (χ3v) is 2.79. The molecule has 6 heteroatoms. The Bertz CT molecular complexity index is 599. The lowest BCUT2D eigenvalue weighted by Gasteiger charge is -2.28. The number of carbonyl (C=O) groups is 2. The minimum absolute atomic E-state index is 0.338. The van der Waals surface area contributed by atoms with Gasteiger partial charge in [0.05, 0.1) is 0 Å². The zero-order valence-corrected chi connectivity index (χ0v) is 13.5. The van der Waals surface area contributed by atoms with Crippen LogP contribution in [-0.2, 0) is 9.53 Å². The smallest absolute Gasteiger partial charge is 0.410 e. The highest BCUT2D eigenvalue weighted by Gasteiger charge is 2.27. The lowest BCUT2D eigenvalue weighted by molar-refractivity contribution is -0.120. The van der Waals surface area contributed by atoms with Crippen molar-refractivity contribution in [2.24, 2.45) is 0 Å². The molecule has 0 aliphatic rings. The predicted octanol–water partition coefficient (Wildman–Crippen LogP) is 2.26. The summed E-state index contributed by atoms with van der Waals surface area (Å²) < 4.78 is 5.22. The van der Waals surface area contributed by atoms with E-state index < -0.39 is 17.7 Å². The van der Waals surface area contributed by atoms with Crippen molar-refractivity contribution in [2.45, 2.75) is 39.3 Å². The Labute approximate surface area is 130 Å². The fourth-order valence-corrected chi connectivity index (χ4v) is 1.48. The van der Waals surface area contributed by atoms with Gasteiger partial charge in [-0.05, 0) is 39.8 Å². The number of pyridine rings is 1. The molecule has 118 valence electrons. The summed E-state index contributed by atoms with van der Waals surface area (Å²) >= 11 is 0. The number of hydrogen-bond acceptors (Lipinski definition) is 4. The monoisotopic (exact) mass is 303 g/mol. The van der Waals surface area contributed by atoms with Crippen molar-refractivity contribution in [3.63, 3.8) is 0 Å². The summed E-state index contributed by atoms with van der Waals surface area (Å²) in [7, 11) is 1.50. The van der Waals surface area contributed by atoms with Gasteiger partial charge >= 0.3 is 6.09 Å². The summed E-state index contributed by atoms with van der Waals surface area (Å²) in [4.78, 5) is 29.4. The van der Waals surface area contributed by atoms with Crippen LogP contribution in [0.5, 0.6) is 0 Å². The molecule has 0 aliphatic carbocycles. The minimum atomic E-state index is -0.717. The molecule has 1 rings (SSSR count). The van der Waals surface area contributed by atoms with E-state index in [1.165, 1.54) is 11.9 Å². The molecule has 0 saturated heterocycles. The lowest BCUT2D eigenvalue weighted by atomic mass is 10.2. The summed E-state index contributed by atoms with van der Waals surface area (Å²) in [5, 5.41) is 2.62. The molecular formula is C16H21N3O3. The van der Waals surface area contributed by atoms with E-state index >= 15 is 0 Å². The standard InChI is InChI=1S/C16H21N3O3/c1-7-12-9-8-10-13(17-12)18-14(20)11(2)19(6)15(21)22-16(3,4)5/h1,8-11H,2-6H3,(H,17,18,20). The van der Waals surface area contributed by atoms with Gasteiger partial charge in [0.2, 0.25) is 5.91 Å². The van der Waals surface area contributed by atoms with Gasteiger partial charge in [0.25, 0.3) is 0 Å². The topological polar surface area (TPSA) is 71.5 Å². The number of rotatable bonds is 3. The number of terminal acetylenes is 1. The van der Waals surface area contributed by atoms with Gasteiger partial charge < -0.3 is 10.1 Å². The number of anilines is 1. The van der Waals surface area contributed by atoms with Gasteiger partial charge in [-0.15, -0.1) is 6.42 Å². The van der Waals surface area contributed by atoms with Gasteiger partial charge in [0.1, 0.15) is 23.2 Å². The summed E-state index contributed by atoms with van der Waals surface area (Å²) in [5.74, 6) is 2.35. The van der Waals surface area contributed by atoms with Gasteiger partial charge in [-0.1, -0.05) is 12.0 Å².